The molecule has 7 nitrogen and oxygen atoms in total. The molecule has 0 unspecified atom stereocenters. The lowest BCUT2D eigenvalue weighted by molar-refractivity contribution is -0.385. The third-order valence-corrected chi connectivity index (χ3v) is 2.38. The van der Waals surface area contributed by atoms with E-state index in [4.69, 9.17) is 16.9 Å². The smallest absolute Gasteiger partial charge is 0.352 e. The largest absolute Gasteiger partial charge is 0.505 e. The summed E-state index contributed by atoms with van der Waals surface area (Å²) in [5.41, 5.74) is -1.55. The topological polar surface area (TPSA) is 113 Å². The van der Waals surface area contributed by atoms with E-state index in [0.29, 0.717) is 0 Å². The van der Waals surface area contributed by atoms with Gasteiger partial charge >= 0.3 is 5.97 Å². The number of halogens is 1. The number of nitro groups is 1. The number of esters is 1. The highest BCUT2D eigenvalue weighted by atomic mass is 35.5. The van der Waals surface area contributed by atoms with Crippen LogP contribution in [-0.4, -0.2) is 23.1 Å². The Bertz CT molecular complexity index is 618. The normalized spacial score (nSPS) is 11.2. The maximum absolute atomic E-state index is 11.2. The molecule has 1 aromatic carbocycles. The van der Waals surface area contributed by atoms with Gasteiger partial charge in [-0.1, -0.05) is 11.6 Å². The number of hydrogen-bond acceptors (Lipinski definition) is 6. The van der Waals surface area contributed by atoms with Crippen molar-refractivity contribution in [2.45, 2.75) is 0 Å². The quantitative estimate of drug-likeness (QED) is 0.227. The van der Waals surface area contributed by atoms with Gasteiger partial charge in [0.15, 0.2) is 11.3 Å². The number of nitrogens with zero attached hydrogens (tertiary/aromatic N) is 2. The lowest BCUT2D eigenvalue weighted by Crippen LogP contribution is -2.07. The number of aliphatic hydroxyl groups is 1. The minimum atomic E-state index is -1.09. The van der Waals surface area contributed by atoms with Crippen LogP contribution >= 0.6 is 11.6 Å². The van der Waals surface area contributed by atoms with Crippen LogP contribution in [0.5, 0.6) is 0 Å². The fourth-order valence-corrected chi connectivity index (χ4v) is 1.45. The van der Waals surface area contributed by atoms with E-state index in [2.05, 4.69) is 4.74 Å². The summed E-state index contributed by atoms with van der Waals surface area (Å²) in [6.45, 7) is 0. The number of benzene rings is 1. The van der Waals surface area contributed by atoms with Gasteiger partial charge in [0.05, 0.1) is 17.6 Å². The first kappa shape index (κ1) is 14.5. The molecule has 0 aliphatic rings. The lowest BCUT2D eigenvalue weighted by atomic mass is 10.1. The number of carbonyl (C=O) groups is 1. The van der Waals surface area contributed by atoms with E-state index in [9.17, 15) is 20.0 Å². The molecule has 0 aromatic heterocycles. The molecule has 0 radical (unpaired) electrons. The fourth-order valence-electron chi connectivity index (χ4n) is 1.29. The summed E-state index contributed by atoms with van der Waals surface area (Å²) in [5, 5.41) is 29.5. The molecule has 1 N–H and O–H groups in total. The van der Waals surface area contributed by atoms with E-state index >= 15 is 0 Å². The third kappa shape index (κ3) is 3.00. The van der Waals surface area contributed by atoms with Crippen molar-refractivity contribution >= 4 is 29.0 Å². The number of nitriles is 1. The molecule has 0 aliphatic carbocycles. The molecule has 0 spiro atoms. The van der Waals surface area contributed by atoms with Crippen LogP contribution in [0.25, 0.3) is 5.76 Å². The maximum atomic E-state index is 11.2. The number of rotatable bonds is 3. The number of carbonyl (C=O) groups excluding carboxylic acids is 1. The Morgan fingerprint density at radius 3 is 2.68 bits per heavy atom. The lowest BCUT2D eigenvalue weighted by Gasteiger charge is -2.04. The monoisotopic (exact) mass is 282 g/mol. The highest BCUT2D eigenvalue weighted by Crippen LogP contribution is 2.29. The maximum Gasteiger partial charge on any atom is 0.352 e. The van der Waals surface area contributed by atoms with Gasteiger partial charge in [-0.25, -0.2) is 4.79 Å². The number of methoxy groups -OCH3 is 1. The van der Waals surface area contributed by atoms with Crippen molar-refractivity contribution in [1.82, 2.24) is 0 Å². The third-order valence-electron chi connectivity index (χ3n) is 2.15. The molecule has 0 saturated carbocycles. The molecule has 0 heterocycles. The van der Waals surface area contributed by atoms with E-state index in [0.717, 1.165) is 19.2 Å². The van der Waals surface area contributed by atoms with Crippen LogP contribution in [0.3, 0.4) is 0 Å². The summed E-state index contributed by atoms with van der Waals surface area (Å²) in [6.07, 6.45) is 0. The first-order valence-electron chi connectivity index (χ1n) is 4.78. The predicted octanol–water partition coefficient (Wildman–Crippen LogP) is 2.21. The van der Waals surface area contributed by atoms with Crippen LogP contribution in [0.15, 0.2) is 23.8 Å². The number of ether oxygens (including phenoxy) is 1. The Morgan fingerprint density at radius 1 is 1.58 bits per heavy atom. The second-order valence-corrected chi connectivity index (χ2v) is 3.68. The number of aliphatic hydroxyl groups excluding tert-OH is 1. The number of nitro benzene ring substituents is 1. The second kappa shape index (κ2) is 5.84. The van der Waals surface area contributed by atoms with E-state index in [1.54, 1.807) is 0 Å². The highest BCUT2D eigenvalue weighted by Gasteiger charge is 2.24. The van der Waals surface area contributed by atoms with Gasteiger partial charge in [-0.05, 0) is 12.1 Å². The summed E-state index contributed by atoms with van der Waals surface area (Å²) in [4.78, 5) is 21.3. The summed E-state index contributed by atoms with van der Waals surface area (Å²) < 4.78 is 4.29. The molecule has 1 rings (SSSR count). The van der Waals surface area contributed by atoms with Crippen LogP contribution in [0.1, 0.15) is 5.56 Å². The van der Waals surface area contributed by atoms with Gasteiger partial charge < -0.3 is 9.84 Å². The molecule has 0 fully saturated rings. The van der Waals surface area contributed by atoms with Gasteiger partial charge in [-0.2, -0.15) is 5.26 Å². The first-order valence-corrected chi connectivity index (χ1v) is 5.16. The second-order valence-electron chi connectivity index (χ2n) is 3.25. The molecular weight excluding hydrogens is 276 g/mol. The van der Waals surface area contributed by atoms with Crippen LogP contribution in [0.4, 0.5) is 5.69 Å². The van der Waals surface area contributed by atoms with Gasteiger partial charge in [0.1, 0.15) is 6.07 Å². The van der Waals surface area contributed by atoms with Gasteiger partial charge in [0, 0.05) is 11.1 Å². The van der Waals surface area contributed by atoms with Crippen molar-refractivity contribution in [1.29, 1.82) is 5.26 Å². The molecule has 98 valence electrons. The summed E-state index contributed by atoms with van der Waals surface area (Å²) >= 11 is 5.61. The Hall–Kier alpha value is -2.59. The standard InChI is InChI=1S/C11H7ClN2O5/c1-19-11(16)8(5-13)10(15)7-3-2-6(12)4-9(7)14(17)18/h2-4,15H,1H3. The number of hydrogen-bond donors (Lipinski definition) is 1. The zero-order chi connectivity index (χ0) is 14.6. The van der Waals surface area contributed by atoms with Crippen molar-refractivity contribution in [3.8, 4) is 6.07 Å². The van der Waals surface area contributed by atoms with Crippen LogP contribution in [0.2, 0.25) is 5.02 Å². The zero-order valence-electron chi connectivity index (χ0n) is 9.58. The Morgan fingerprint density at radius 2 is 2.21 bits per heavy atom. The van der Waals surface area contributed by atoms with E-state index in [-0.39, 0.29) is 10.6 Å². The molecule has 0 aliphatic heterocycles. The van der Waals surface area contributed by atoms with Crippen LogP contribution in [-0.2, 0) is 9.53 Å². The molecule has 1 aromatic rings. The van der Waals surface area contributed by atoms with Crippen LogP contribution < -0.4 is 0 Å². The SMILES string of the molecule is COC(=O)C(C#N)=C(O)c1ccc(Cl)cc1[N+](=O)[O-]. The molecule has 19 heavy (non-hydrogen) atoms. The summed E-state index contributed by atoms with van der Waals surface area (Å²) in [5.74, 6) is -1.93. The predicted molar refractivity (Wildman–Crippen MR) is 65.3 cm³/mol. The Labute approximate surface area is 112 Å². The van der Waals surface area contributed by atoms with Gasteiger partial charge in [0.2, 0.25) is 0 Å². The Kier molecular flexibility index (Phi) is 4.45. The molecule has 0 saturated heterocycles. The van der Waals surface area contributed by atoms with Crippen LogP contribution in [0, 0.1) is 21.4 Å². The molecule has 0 bridgehead atoms. The van der Waals surface area contributed by atoms with E-state index in [1.165, 1.54) is 12.1 Å². The molecular formula is C11H7ClN2O5. The van der Waals surface area contributed by atoms with Crippen molar-refractivity contribution < 1.29 is 19.6 Å². The molecule has 0 atom stereocenters. The van der Waals surface area contributed by atoms with Gasteiger partial charge in [0.25, 0.3) is 5.69 Å². The highest BCUT2D eigenvalue weighted by molar-refractivity contribution is 6.30. The van der Waals surface area contributed by atoms with E-state index < -0.39 is 27.9 Å². The van der Waals surface area contributed by atoms with Gasteiger partial charge in [-0.3, -0.25) is 10.1 Å². The van der Waals surface area contributed by atoms with E-state index in [1.807, 2.05) is 0 Å². The van der Waals surface area contributed by atoms with Crippen molar-refractivity contribution in [3.05, 3.63) is 44.5 Å². The fraction of sp³-hybridized carbons (Fsp3) is 0.0909. The van der Waals surface area contributed by atoms with Crippen molar-refractivity contribution in [3.63, 3.8) is 0 Å². The molecule has 8 heteroatoms. The summed E-state index contributed by atoms with van der Waals surface area (Å²) in [6, 6.07) is 4.85. The average molecular weight is 283 g/mol. The minimum Gasteiger partial charge on any atom is -0.505 e. The summed E-state index contributed by atoms with van der Waals surface area (Å²) in [7, 11) is 1.02. The van der Waals surface area contributed by atoms with Gasteiger partial charge in [-0.15, -0.1) is 0 Å². The molecule has 0 amide bonds. The zero-order valence-corrected chi connectivity index (χ0v) is 10.3. The Balaban J connectivity index is 3.53. The first-order chi connectivity index (χ1) is 8.92. The van der Waals surface area contributed by atoms with Crippen molar-refractivity contribution in [2.75, 3.05) is 7.11 Å². The van der Waals surface area contributed by atoms with Crippen molar-refractivity contribution in [2.24, 2.45) is 0 Å². The minimum absolute atomic E-state index is 0.0832. The average Bonchev–Trinajstić information content (AvgIpc) is 2.38.